The highest BCUT2D eigenvalue weighted by molar-refractivity contribution is 7.61. The molecule has 394 valence electrons. The number of ether oxygens (including phenoxy) is 3. The lowest BCUT2D eigenvalue weighted by Gasteiger charge is -2.21. The minimum Gasteiger partial charge on any atom is -0.462 e. The van der Waals surface area contributed by atoms with Crippen molar-refractivity contribution in [2.24, 2.45) is 0 Å². The highest BCUT2D eigenvalue weighted by atomic mass is 31.3. The number of hydrogen-bond acceptors (Lipinski definition) is 16. The number of anilines is 1. The smallest absolute Gasteiger partial charge is 0.462 e. The maximum Gasteiger partial charge on any atom is 0.481 e. The molecule has 19 nitrogen and oxygen atoms in total. The number of aliphatic hydroxyl groups is 3. The molecule has 0 amide bonds. The van der Waals surface area contributed by atoms with Crippen molar-refractivity contribution in [3.05, 3.63) is 71.4 Å². The number of allylic oxidation sites excluding steroid dienone is 7. The highest BCUT2D eigenvalue weighted by Crippen LogP contribution is 2.60. The minimum absolute atomic E-state index is 0.000252. The van der Waals surface area contributed by atoms with Gasteiger partial charge in [-0.3, -0.25) is 23.2 Å². The van der Waals surface area contributed by atoms with Crippen LogP contribution in [-0.2, 0) is 46.3 Å². The Balaban J connectivity index is 1.86. The molecule has 7 N–H and O–H groups in total. The Kier molecular flexibility index (Phi) is 32.8. The SMILES string of the molecule is CCCCCC/C=C\CCCCCCCC(=O)O[C@H](COC(=O)CCCC(O)/C=C/C=C/C/C=C/CCCCCCCC)COP(=O)(O)OP(=O)(O)OC[C@H]1O[C@@H](n2ccc(N)nc2=O)[C@H](O)[C@@H]1O. The molecule has 1 fully saturated rings. The van der Waals surface area contributed by atoms with Crippen molar-refractivity contribution in [3.8, 4) is 0 Å². The van der Waals surface area contributed by atoms with Crippen LogP contribution in [0.15, 0.2) is 65.7 Å². The van der Waals surface area contributed by atoms with E-state index in [-0.39, 0.29) is 31.5 Å². The molecule has 2 heterocycles. The van der Waals surface area contributed by atoms with E-state index in [1.165, 1.54) is 70.3 Å². The summed E-state index contributed by atoms with van der Waals surface area (Å²) in [5, 5.41) is 31.2. The first-order chi connectivity index (χ1) is 33.1. The number of aromatic nitrogens is 2. The number of phosphoric acid groups is 2. The Bertz CT molecular complexity index is 1860. The standard InChI is InChI=1S/C48H81N3O16P2/c1-3-5-7-9-11-13-15-17-19-21-23-25-27-30-39(52)31-29-33-43(53)62-36-40(65-44(54)32-28-26-24-22-20-18-16-14-12-10-8-6-4-2)37-63-68(58,59)67-69(60,61)64-38-41-45(55)46(56)47(66-41)51-35-34-42(49)50-48(51)57/h14,16-17,19,23,25,27,30,34-35,39-41,45-47,52,55-56H,3-13,15,18,20-22,24,26,28-29,31-33,36-38H2,1-2H3,(H,58,59)(H,60,61)(H2,49,50,57)/b16-14-,19-17+,25-23+,30-27+/t39?,40-,41-,45-,46-,47-/m1/s1. The van der Waals surface area contributed by atoms with Gasteiger partial charge >= 0.3 is 33.3 Å². The molecule has 0 aliphatic carbocycles. The quantitative estimate of drug-likeness (QED) is 0.0118. The fraction of sp³-hybridized carbons (Fsp3) is 0.708. The lowest BCUT2D eigenvalue weighted by atomic mass is 10.1. The molecule has 0 spiro atoms. The fourth-order valence-electron chi connectivity index (χ4n) is 7.08. The molecular formula is C48H81N3O16P2. The molecular weight excluding hydrogens is 936 g/mol. The van der Waals surface area contributed by atoms with Crippen LogP contribution in [-0.4, -0.2) is 96.9 Å². The lowest BCUT2D eigenvalue weighted by Crippen LogP contribution is -2.36. The maximum absolute atomic E-state index is 12.8. The van der Waals surface area contributed by atoms with Crippen molar-refractivity contribution in [3.63, 3.8) is 0 Å². The first-order valence-electron chi connectivity index (χ1n) is 24.8. The highest BCUT2D eigenvalue weighted by Gasteiger charge is 2.46. The number of nitrogens with two attached hydrogens (primary N) is 1. The van der Waals surface area contributed by atoms with Crippen LogP contribution in [0.4, 0.5) is 5.82 Å². The summed E-state index contributed by atoms with van der Waals surface area (Å²) in [6, 6.07) is 1.24. The Hall–Kier alpha value is -3.32. The molecule has 1 saturated heterocycles. The van der Waals surface area contributed by atoms with E-state index in [9.17, 15) is 48.6 Å². The molecule has 69 heavy (non-hydrogen) atoms. The number of unbranched alkanes of at least 4 members (excludes halogenated alkanes) is 15. The van der Waals surface area contributed by atoms with Gasteiger partial charge in [0.1, 0.15) is 30.7 Å². The number of carbonyl (C=O) groups is 2. The van der Waals surface area contributed by atoms with Gasteiger partial charge in [0.15, 0.2) is 12.3 Å². The molecule has 3 unspecified atom stereocenters. The van der Waals surface area contributed by atoms with E-state index in [0.717, 1.165) is 62.1 Å². The third kappa shape index (κ3) is 29.6. The van der Waals surface area contributed by atoms with Gasteiger partial charge in [0.2, 0.25) is 0 Å². The first-order valence-corrected chi connectivity index (χ1v) is 27.7. The monoisotopic (exact) mass is 1020 g/mol. The summed E-state index contributed by atoms with van der Waals surface area (Å²) in [6.07, 6.45) is 29.4. The lowest BCUT2D eigenvalue weighted by molar-refractivity contribution is -0.161. The van der Waals surface area contributed by atoms with Crippen LogP contribution in [0.2, 0.25) is 0 Å². The summed E-state index contributed by atoms with van der Waals surface area (Å²) in [6.45, 7) is 1.93. The first kappa shape index (κ1) is 61.8. The van der Waals surface area contributed by atoms with Crippen molar-refractivity contribution in [1.29, 1.82) is 0 Å². The zero-order chi connectivity index (χ0) is 50.8. The Morgan fingerprint density at radius 3 is 2.00 bits per heavy atom. The van der Waals surface area contributed by atoms with Crippen LogP contribution < -0.4 is 11.4 Å². The van der Waals surface area contributed by atoms with E-state index < -0.39 is 89.8 Å². The van der Waals surface area contributed by atoms with E-state index in [4.69, 9.17) is 29.0 Å². The summed E-state index contributed by atoms with van der Waals surface area (Å²) >= 11 is 0. The normalized spacial score (nSPS) is 20.2. The molecule has 0 saturated carbocycles. The predicted octanol–water partition coefficient (Wildman–Crippen LogP) is 8.75. The number of aliphatic hydroxyl groups excluding tert-OH is 3. The summed E-state index contributed by atoms with van der Waals surface area (Å²) in [7, 11) is -10.9. The summed E-state index contributed by atoms with van der Waals surface area (Å²) in [5.74, 6) is -1.51. The topological polar surface area (TPSA) is 286 Å². The van der Waals surface area contributed by atoms with Crippen LogP contribution in [0.3, 0.4) is 0 Å². The molecule has 8 atom stereocenters. The Morgan fingerprint density at radius 2 is 1.35 bits per heavy atom. The number of nitrogen functional groups attached to an aromatic ring is 1. The van der Waals surface area contributed by atoms with Crippen LogP contribution in [0, 0.1) is 0 Å². The average molecular weight is 1020 g/mol. The van der Waals surface area contributed by atoms with Gasteiger partial charge in [-0.05, 0) is 70.3 Å². The second-order valence-electron chi connectivity index (χ2n) is 17.2. The fourth-order valence-corrected chi connectivity index (χ4v) is 9.19. The van der Waals surface area contributed by atoms with Gasteiger partial charge < -0.3 is 45.1 Å². The van der Waals surface area contributed by atoms with Crippen LogP contribution in [0.1, 0.15) is 168 Å². The molecule has 1 aromatic heterocycles. The zero-order valence-electron chi connectivity index (χ0n) is 40.7. The van der Waals surface area contributed by atoms with Crippen molar-refractivity contribution >= 4 is 33.4 Å². The Morgan fingerprint density at radius 1 is 0.768 bits per heavy atom. The van der Waals surface area contributed by atoms with E-state index in [0.29, 0.717) is 6.42 Å². The van der Waals surface area contributed by atoms with Crippen LogP contribution >= 0.6 is 15.6 Å². The molecule has 0 radical (unpaired) electrons. The predicted molar refractivity (Wildman–Crippen MR) is 262 cm³/mol. The van der Waals surface area contributed by atoms with Crippen LogP contribution in [0.25, 0.3) is 0 Å². The number of phosphoric ester groups is 2. The zero-order valence-corrected chi connectivity index (χ0v) is 42.5. The van der Waals surface area contributed by atoms with E-state index in [2.05, 4.69) is 47.4 Å². The number of carbonyl (C=O) groups excluding carboxylic acids is 2. The second-order valence-corrected chi connectivity index (χ2v) is 20.2. The Labute approximate surface area is 408 Å². The van der Waals surface area contributed by atoms with Gasteiger partial charge in [0, 0.05) is 19.0 Å². The van der Waals surface area contributed by atoms with Gasteiger partial charge in [-0.1, -0.05) is 133 Å². The second kappa shape index (κ2) is 36.6. The van der Waals surface area contributed by atoms with Gasteiger partial charge in [0.05, 0.1) is 19.3 Å². The molecule has 21 heteroatoms. The van der Waals surface area contributed by atoms with Crippen molar-refractivity contribution in [2.75, 3.05) is 25.6 Å². The largest absolute Gasteiger partial charge is 0.481 e. The number of esters is 2. The van der Waals surface area contributed by atoms with Crippen molar-refractivity contribution < 1.29 is 71.4 Å². The van der Waals surface area contributed by atoms with E-state index in [1.807, 2.05) is 12.2 Å². The average Bonchev–Trinajstić information content (AvgIpc) is 3.58. The summed E-state index contributed by atoms with van der Waals surface area (Å²) in [5.41, 5.74) is 4.57. The van der Waals surface area contributed by atoms with Crippen molar-refractivity contribution in [1.82, 2.24) is 9.55 Å². The molecule has 0 aromatic carbocycles. The maximum atomic E-state index is 12.8. The molecule has 2 rings (SSSR count). The van der Waals surface area contributed by atoms with Crippen molar-refractivity contribution in [2.45, 2.75) is 198 Å². The van der Waals surface area contributed by atoms with E-state index in [1.54, 1.807) is 12.2 Å². The third-order valence-electron chi connectivity index (χ3n) is 11.0. The molecule has 1 aliphatic heterocycles. The van der Waals surface area contributed by atoms with Gasteiger partial charge in [-0.15, -0.1) is 0 Å². The third-order valence-corrected chi connectivity index (χ3v) is 13.6. The summed E-state index contributed by atoms with van der Waals surface area (Å²) < 4.78 is 56.5. The molecule has 0 bridgehead atoms. The van der Waals surface area contributed by atoms with Gasteiger partial charge in [-0.2, -0.15) is 9.29 Å². The summed E-state index contributed by atoms with van der Waals surface area (Å²) in [4.78, 5) is 61.8. The molecule has 1 aliphatic rings. The van der Waals surface area contributed by atoms with Crippen LogP contribution in [0.5, 0.6) is 0 Å². The number of hydrogen-bond donors (Lipinski definition) is 6. The van der Waals surface area contributed by atoms with E-state index >= 15 is 0 Å². The molecule has 1 aromatic rings. The number of rotatable bonds is 40. The number of nitrogens with zero attached hydrogens (tertiary/aromatic N) is 2. The van der Waals surface area contributed by atoms with Gasteiger partial charge in [-0.25, -0.2) is 13.9 Å². The minimum atomic E-state index is -5.46. The van der Waals surface area contributed by atoms with Gasteiger partial charge in [0.25, 0.3) is 0 Å².